The lowest BCUT2D eigenvalue weighted by Crippen LogP contribution is -2.42. The Bertz CT molecular complexity index is 1210. The first kappa shape index (κ1) is 24.0. The Morgan fingerprint density at radius 2 is 1.97 bits per heavy atom. The van der Waals surface area contributed by atoms with Gasteiger partial charge in [-0.2, -0.15) is 15.0 Å². The number of aromatic nitrogens is 4. The average molecular weight is 455 g/mol. The fourth-order valence-corrected chi connectivity index (χ4v) is 2.93. The second-order valence-electron chi connectivity index (χ2n) is 8.89. The molecule has 1 atom stereocenters. The summed E-state index contributed by atoms with van der Waals surface area (Å²) in [6.07, 6.45) is 2.62. The zero-order valence-corrected chi connectivity index (χ0v) is 18.8. The number of halogens is 1. The van der Waals surface area contributed by atoms with E-state index >= 15 is 0 Å². The molecule has 1 amide bonds. The second kappa shape index (κ2) is 9.09. The molecule has 4 N–H and O–H groups in total. The monoisotopic (exact) mass is 455 g/mol. The number of hydrogen-bond acceptors (Lipinski definition) is 8. The minimum atomic E-state index is -1.67. The summed E-state index contributed by atoms with van der Waals surface area (Å²) < 4.78 is 15.6. The van der Waals surface area contributed by atoms with Crippen molar-refractivity contribution in [2.45, 2.75) is 45.0 Å². The lowest BCUT2D eigenvalue weighted by atomic mass is 10.0. The molecule has 0 bridgehead atoms. The van der Waals surface area contributed by atoms with E-state index in [1.165, 1.54) is 30.9 Å². The summed E-state index contributed by atoms with van der Waals surface area (Å²) in [7, 11) is 0. The Morgan fingerprint density at radius 3 is 2.61 bits per heavy atom. The Balaban J connectivity index is 1.99. The van der Waals surface area contributed by atoms with Gasteiger partial charge in [0.25, 0.3) is 5.91 Å². The van der Waals surface area contributed by atoms with E-state index < -0.39 is 23.2 Å². The van der Waals surface area contributed by atoms with Crippen molar-refractivity contribution in [3.8, 4) is 11.9 Å². The van der Waals surface area contributed by atoms with Gasteiger partial charge in [-0.1, -0.05) is 0 Å². The zero-order chi connectivity index (χ0) is 24.4. The van der Waals surface area contributed by atoms with Crippen LogP contribution in [-0.2, 0) is 0 Å². The highest BCUT2D eigenvalue weighted by molar-refractivity contribution is 5.99. The first-order chi connectivity index (χ1) is 15.4. The molecule has 0 aliphatic carbocycles. The van der Waals surface area contributed by atoms with Gasteiger partial charge in [0.1, 0.15) is 12.2 Å². The highest BCUT2D eigenvalue weighted by Gasteiger charge is 2.28. The summed E-state index contributed by atoms with van der Waals surface area (Å²) in [5.74, 6) is -0.255. The molecule has 3 rings (SSSR count). The number of amides is 1. The SMILES string of the molecule is CC(C)(CO)Nc1cc(-n2ncc3cc(C#N)cnc32)ncc1C(=O)NC[C@@H](F)C(C)(C)O. The number of aliphatic hydroxyl groups is 2. The Kier molecular flexibility index (Phi) is 6.62. The van der Waals surface area contributed by atoms with Gasteiger partial charge in [-0.3, -0.25) is 4.79 Å². The number of pyridine rings is 2. The minimum Gasteiger partial charge on any atom is -0.394 e. The molecule has 0 fully saturated rings. The van der Waals surface area contributed by atoms with E-state index in [9.17, 15) is 19.4 Å². The molecule has 10 nitrogen and oxygen atoms in total. The number of rotatable bonds is 8. The Morgan fingerprint density at radius 1 is 1.24 bits per heavy atom. The Hall–Kier alpha value is -3.62. The van der Waals surface area contributed by atoms with Crippen molar-refractivity contribution >= 4 is 22.6 Å². The van der Waals surface area contributed by atoms with E-state index in [1.807, 2.05) is 6.07 Å². The van der Waals surface area contributed by atoms with Crippen LogP contribution in [-0.4, -0.2) is 66.3 Å². The van der Waals surface area contributed by atoms with Gasteiger partial charge in [-0.15, -0.1) is 0 Å². The lowest BCUT2D eigenvalue weighted by molar-refractivity contribution is -0.00177. The van der Waals surface area contributed by atoms with Crippen molar-refractivity contribution in [2.24, 2.45) is 0 Å². The van der Waals surface area contributed by atoms with E-state index in [4.69, 9.17) is 5.26 Å². The average Bonchev–Trinajstić information content (AvgIpc) is 3.19. The van der Waals surface area contributed by atoms with Gasteiger partial charge >= 0.3 is 0 Å². The van der Waals surface area contributed by atoms with E-state index in [2.05, 4.69) is 25.7 Å². The van der Waals surface area contributed by atoms with Crippen LogP contribution in [0, 0.1) is 11.3 Å². The minimum absolute atomic E-state index is 0.124. The summed E-state index contributed by atoms with van der Waals surface area (Å²) in [5.41, 5.74) is -1.06. The number of anilines is 1. The van der Waals surface area contributed by atoms with Crippen LogP contribution in [0.15, 0.2) is 30.7 Å². The van der Waals surface area contributed by atoms with Crippen LogP contribution in [0.5, 0.6) is 0 Å². The molecule has 3 aromatic heterocycles. The highest BCUT2D eigenvalue weighted by Crippen LogP contribution is 2.24. The fourth-order valence-electron chi connectivity index (χ4n) is 2.93. The number of alkyl halides is 1. The molecule has 0 spiro atoms. The number of carbonyl (C=O) groups is 1. The van der Waals surface area contributed by atoms with E-state index in [0.29, 0.717) is 28.1 Å². The molecular weight excluding hydrogens is 429 g/mol. The lowest BCUT2D eigenvalue weighted by Gasteiger charge is -2.27. The van der Waals surface area contributed by atoms with Crippen LogP contribution < -0.4 is 10.6 Å². The van der Waals surface area contributed by atoms with Crippen molar-refractivity contribution in [3.63, 3.8) is 0 Å². The molecule has 174 valence electrons. The summed E-state index contributed by atoms with van der Waals surface area (Å²) >= 11 is 0. The van der Waals surface area contributed by atoms with Gasteiger partial charge in [-0.05, 0) is 33.8 Å². The van der Waals surface area contributed by atoms with Crippen LogP contribution in [0.2, 0.25) is 0 Å². The largest absolute Gasteiger partial charge is 0.394 e. The fraction of sp³-hybridized carbons (Fsp3) is 0.409. The molecule has 3 aromatic rings. The quantitative estimate of drug-likeness (QED) is 0.401. The van der Waals surface area contributed by atoms with Crippen LogP contribution >= 0.6 is 0 Å². The molecule has 0 saturated heterocycles. The summed E-state index contributed by atoms with van der Waals surface area (Å²) in [5, 5.41) is 39.0. The maximum absolute atomic E-state index is 14.1. The number of carbonyl (C=O) groups excluding carboxylic acids is 1. The third-order valence-electron chi connectivity index (χ3n) is 4.97. The molecule has 0 aromatic carbocycles. The van der Waals surface area contributed by atoms with E-state index in [1.54, 1.807) is 32.2 Å². The Labute approximate surface area is 190 Å². The number of fused-ring (bicyclic) bond motifs is 1. The van der Waals surface area contributed by atoms with Crippen molar-refractivity contribution in [3.05, 3.63) is 41.9 Å². The summed E-state index contributed by atoms with van der Waals surface area (Å²) in [4.78, 5) is 21.4. The molecule has 0 aliphatic heterocycles. The van der Waals surface area contributed by atoms with E-state index in [-0.39, 0.29) is 18.7 Å². The maximum atomic E-state index is 14.1. The van der Waals surface area contributed by atoms with Crippen molar-refractivity contribution in [1.29, 1.82) is 5.26 Å². The second-order valence-corrected chi connectivity index (χ2v) is 8.89. The molecule has 0 saturated carbocycles. The number of hydrogen-bond donors (Lipinski definition) is 4. The van der Waals surface area contributed by atoms with E-state index in [0.717, 1.165) is 0 Å². The maximum Gasteiger partial charge on any atom is 0.255 e. The first-order valence-corrected chi connectivity index (χ1v) is 10.2. The van der Waals surface area contributed by atoms with Gasteiger partial charge in [0, 0.05) is 23.8 Å². The van der Waals surface area contributed by atoms with Gasteiger partial charge < -0.3 is 20.8 Å². The number of aliphatic hydroxyl groups excluding tert-OH is 1. The standard InChI is InChI=1S/C22H26FN7O3/c1-21(2,12-31)29-16-6-18(30-19-14(9-28-30)5-13(7-24)8-26-19)25-10-15(16)20(32)27-11-17(23)22(3,4)33/h5-6,8-10,17,31,33H,11-12H2,1-4H3,(H,25,29)(H,27,32)/t17-/m1/s1. The van der Waals surface area contributed by atoms with Crippen LogP contribution in [0.1, 0.15) is 43.6 Å². The van der Waals surface area contributed by atoms with Crippen molar-refractivity contribution in [1.82, 2.24) is 25.1 Å². The van der Waals surface area contributed by atoms with Crippen LogP contribution in [0.25, 0.3) is 16.9 Å². The smallest absolute Gasteiger partial charge is 0.255 e. The third kappa shape index (κ3) is 5.42. The van der Waals surface area contributed by atoms with Gasteiger partial charge in [0.2, 0.25) is 0 Å². The predicted molar refractivity (Wildman–Crippen MR) is 120 cm³/mol. The van der Waals surface area contributed by atoms with Crippen LogP contribution in [0.3, 0.4) is 0 Å². The number of nitriles is 1. The number of nitrogens with one attached hydrogen (secondary N) is 2. The summed E-state index contributed by atoms with van der Waals surface area (Å²) in [6, 6.07) is 5.24. The molecule has 0 aliphatic rings. The molecule has 33 heavy (non-hydrogen) atoms. The van der Waals surface area contributed by atoms with Gasteiger partial charge in [-0.25, -0.2) is 14.4 Å². The zero-order valence-electron chi connectivity index (χ0n) is 18.8. The molecule has 0 unspecified atom stereocenters. The van der Waals surface area contributed by atoms with Gasteiger partial charge in [0.15, 0.2) is 11.5 Å². The number of nitrogens with zero attached hydrogens (tertiary/aromatic N) is 5. The molecule has 11 heteroatoms. The molecular formula is C22H26FN7O3. The highest BCUT2D eigenvalue weighted by atomic mass is 19.1. The normalized spacial score (nSPS) is 12.9. The topological polar surface area (TPSA) is 149 Å². The van der Waals surface area contributed by atoms with Crippen molar-refractivity contribution < 1.29 is 19.4 Å². The summed E-state index contributed by atoms with van der Waals surface area (Å²) in [6.45, 7) is 5.52. The molecule has 0 radical (unpaired) electrons. The van der Waals surface area contributed by atoms with Crippen molar-refractivity contribution in [2.75, 3.05) is 18.5 Å². The van der Waals surface area contributed by atoms with Crippen LogP contribution in [0.4, 0.5) is 10.1 Å². The molecule has 3 heterocycles. The third-order valence-corrected chi connectivity index (χ3v) is 4.97. The predicted octanol–water partition coefficient (Wildman–Crippen LogP) is 1.71. The first-order valence-electron chi connectivity index (χ1n) is 10.2. The van der Waals surface area contributed by atoms with Gasteiger partial charge in [0.05, 0.1) is 47.3 Å².